The molecule has 0 saturated carbocycles. The Kier molecular flexibility index (Phi) is 55.1. The third-order valence-electron chi connectivity index (χ3n) is 13.2. The highest BCUT2D eigenvalue weighted by Gasteiger charge is 2.23. The van der Waals surface area contributed by atoms with Crippen molar-refractivity contribution in [1.82, 2.24) is 5.32 Å². The number of unbranched alkanes of at least 4 members (excludes halogenated alkanes) is 28. The highest BCUT2D eigenvalue weighted by molar-refractivity contribution is 5.78. The van der Waals surface area contributed by atoms with Crippen molar-refractivity contribution >= 4 is 11.9 Å². The third kappa shape index (κ3) is 52.9. The number of esters is 1. The second kappa shape index (κ2) is 57.7. The highest BCUT2D eigenvalue weighted by Crippen LogP contribution is 2.17. The van der Waals surface area contributed by atoms with Crippen LogP contribution in [0.1, 0.15) is 278 Å². The van der Waals surface area contributed by atoms with Crippen LogP contribution < -0.4 is 5.32 Å². The zero-order valence-electron chi connectivity index (χ0n) is 46.6. The van der Waals surface area contributed by atoms with E-state index in [-0.39, 0.29) is 24.9 Å². The Bertz CT molecular complexity index is 1390. The number of allylic oxidation sites excluding steroid dienone is 15. The molecule has 0 radical (unpaired) electrons. The number of carbonyl (C=O) groups is 2. The molecule has 3 N–H and O–H groups in total. The fourth-order valence-electron chi connectivity index (χ4n) is 8.65. The van der Waals surface area contributed by atoms with Gasteiger partial charge in [0.2, 0.25) is 5.91 Å². The van der Waals surface area contributed by atoms with E-state index in [1.54, 1.807) is 6.08 Å². The molecule has 1 amide bonds. The van der Waals surface area contributed by atoms with Crippen LogP contribution in [0.15, 0.2) is 97.2 Å². The molecule has 6 nitrogen and oxygen atoms in total. The lowest BCUT2D eigenvalue weighted by Gasteiger charge is -2.23. The molecule has 0 fully saturated rings. The summed E-state index contributed by atoms with van der Waals surface area (Å²) in [5.74, 6) is -0.647. The fourth-order valence-corrected chi connectivity index (χ4v) is 8.65. The van der Waals surface area contributed by atoms with Crippen LogP contribution >= 0.6 is 0 Å². The van der Waals surface area contributed by atoms with E-state index in [2.05, 4.69) is 111 Å². The van der Waals surface area contributed by atoms with Crippen LogP contribution in [0.5, 0.6) is 0 Å². The summed E-state index contributed by atoms with van der Waals surface area (Å²) in [4.78, 5) is 26.3. The Morgan fingerprint density at radius 1 is 0.451 bits per heavy atom. The molecule has 3 unspecified atom stereocenters. The monoisotopic (exact) mass is 988 g/mol. The maximum absolute atomic E-state index is 13.3. The summed E-state index contributed by atoms with van der Waals surface area (Å²) in [6.07, 6.45) is 77.9. The molecule has 0 saturated heterocycles. The number of carbonyl (C=O) groups excluding carboxylic acids is 2. The molecule has 71 heavy (non-hydrogen) atoms. The van der Waals surface area contributed by atoms with Crippen molar-refractivity contribution in [2.45, 2.75) is 296 Å². The zero-order chi connectivity index (χ0) is 51.6. The van der Waals surface area contributed by atoms with Crippen LogP contribution in [-0.2, 0) is 14.3 Å². The number of hydrogen-bond acceptors (Lipinski definition) is 5. The molecule has 3 atom stereocenters. The first-order valence-corrected chi connectivity index (χ1v) is 30.0. The van der Waals surface area contributed by atoms with Crippen LogP contribution in [0.3, 0.4) is 0 Å². The molecule has 0 aromatic carbocycles. The van der Waals surface area contributed by atoms with Gasteiger partial charge in [0.15, 0.2) is 0 Å². The molecule has 0 aliphatic carbocycles. The van der Waals surface area contributed by atoms with Crippen LogP contribution in [0.25, 0.3) is 0 Å². The van der Waals surface area contributed by atoms with Crippen LogP contribution in [0.2, 0.25) is 0 Å². The molecule has 6 heteroatoms. The first-order chi connectivity index (χ1) is 35.0. The Hall–Kier alpha value is -3.22. The summed E-state index contributed by atoms with van der Waals surface area (Å²) >= 11 is 0. The lowest BCUT2D eigenvalue weighted by Crippen LogP contribution is -2.46. The van der Waals surface area contributed by atoms with E-state index in [1.165, 1.54) is 141 Å². The predicted octanol–water partition coefficient (Wildman–Crippen LogP) is 18.8. The van der Waals surface area contributed by atoms with Gasteiger partial charge in [-0.15, -0.1) is 0 Å². The van der Waals surface area contributed by atoms with Gasteiger partial charge >= 0.3 is 5.97 Å². The molecule has 0 rings (SSSR count). The van der Waals surface area contributed by atoms with Gasteiger partial charge in [0.05, 0.1) is 25.2 Å². The van der Waals surface area contributed by atoms with Crippen molar-refractivity contribution in [3.05, 3.63) is 97.2 Å². The summed E-state index contributed by atoms with van der Waals surface area (Å²) in [6.45, 7) is 6.35. The molecule has 0 bridgehead atoms. The normalized spacial score (nSPS) is 13.8. The van der Waals surface area contributed by atoms with Crippen molar-refractivity contribution in [3.63, 3.8) is 0 Å². The van der Waals surface area contributed by atoms with Crippen LogP contribution in [0, 0.1) is 0 Å². The first-order valence-electron chi connectivity index (χ1n) is 30.0. The highest BCUT2D eigenvalue weighted by atomic mass is 16.5. The quantitative estimate of drug-likeness (QED) is 0.0244. The Balaban J connectivity index is 4.73. The summed E-state index contributed by atoms with van der Waals surface area (Å²) < 4.78 is 5.85. The van der Waals surface area contributed by atoms with Gasteiger partial charge in [-0.1, -0.05) is 279 Å². The Labute approximate surface area is 439 Å². The number of rotatable bonds is 53. The predicted molar refractivity (Wildman–Crippen MR) is 310 cm³/mol. The fraction of sp³-hybridized carbons (Fsp3) is 0.723. The number of amides is 1. The number of aliphatic hydroxyl groups is 2. The van der Waals surface area contributed by atoms with E-state index in [4.69, 9.17) is 4.74 Å². The first kappa shape index (κ1) is 67.8. The van der Waals surface area contributed by atoms with Gasteiger partial charge < -0.3 is 20.3 Å². The molecule has 0 aliphatic heterocycles. The number of nitrogens with one attached hydrogen (secondary N) is 1. The molecule has 0 heterocycles. The van der Waals surface area contributed by atoms with Gasteiger partial charge in [-0.25, -0.2) is 0 Å². The van der Waals surface area contributed by atoms with Crippen LogP contribution in [-0.4, -0.2) is 46.9 Å². The van der Waals surface area contributed by atoms with Crippen molar-refractivity contribution < 1.29 is 24.5 Å². The van der Waals surface area contributed by atoms with E-state index in [1.807, 2.05) is 6.08 Å². The SMILES string of the molecule is CC/C=C\C/C=C\C/C=C\C/C=C\C/C=C\C/C=C\C(CC(=O)NC(CO)C(O)CCCCCCCCCCCCCCCCCCC)OC(=O)CCCCCCC/C=C/C=C/CCCCCCCCC. The summed E-state index contributed by atoms with van der Waals surface area (Å²) in [6, 6.07) is -0.753. The second-order valence-electron chi connectivity index (χ2n) is 20.0. The van der Waals surface area contributed by atoms with Crippen molar-refractivity contribution in [2.24, 2.45) is 0 Å². The Morgan fingerprint density at radius 3 is 1.23 bits per heavy atom. The smallest absolute Gasteiger partial charge is 0.306 e. The van der Waals surface area contributed by atoms with E-state index >= 15 is 0 Å². The molecule has 0 aromatic rings. The summed E-state index contributed by atoms with van der Waals surface area (Å²) in [5, 5.41) is 23.9. The molecule has 0 spiro atoms. The maximum atomic E-state index is 13.3. The van der Waals surface area contributed by atoms with E-state index in [0.717, 1.165) is 89.9 Å². The minimum atomic E-state index is -0.829. The average Bonchev–Trinajstić information content (AvgIpc) is 3.36. The topological polar surface area (TPSA) is 95.9 Å². The lowest BCUT2D eigenvalue weighted by molar-refractivity contribution is -0.148. The summed E-state index contributed by atoms with van der Waals surface area (Å²) in [5.41, 5.74) is 0. The molecule has 0 aliphatic rings. The van der Waals surface area contributed by atoms with Gasteiger partial charge in [0.1, 0.15) is 6.10 Å². The van der Waals surface area contributed by atoms with E-state index in [0.29, 0.717) is 19.3 Å². The van der Waals surface area contributed by atoms with Gasteiger partial charge in [-0.05, 0) is 83.1 Å². The minimum absolute atomic E-state index is 0.0575. The second-order valence-corrected chi connectivity index (χ2v) is 20.0. The molecule has 408 valence electrons. The number of aliphatic hydroxyl groups excluding tert-OH is 2. The van der Waals surface area contributed by atoms with Gasteiger partial charge in [0.25, 0.3) is 0 Å². The number of ether oxygens (including phenoxy) is 1. The zero-order valence-corrected chi connectivity index (χ0v) is 46.6. The summed E-state index contributed by atoms with van der Waals surface area (Å²) in [7, 11) is 0. The largest absolute Gasteiger partial charge is 0.458 e. The van der Waals surface area contributed by atoms with Gasteiger partial charge in [-0.2, -0.15) is 0 Å². The lowest BCUT2D eigenvalue weighted by atomic mass is 10.0. The Morgan fingerprint density at radius 2 is 0.817 bits per heavy atom. The van der Waals surface area contributed by atoms with Crippen molar-refractivity contribution in [1.29, 1.82) is 0 Å². The van der Waals surface area contributed by atoms with E-state index < -0.39 is 18.2 Å². The standard InChI is InChI=1S/C65H113NO5/c1-4-7-10-13-16-19-22-25-28-31-34-37-40-43-46-49-52-55-58-65(70)71-61(56-53-50-47-44-41-38-35-32-29-26-23-20-17-14-11-8-5-2)59-64(69)66-62(60-67)63(68)57-54-51-48-45-42-39-36-33-30-27-24-21-18-15-12-9-6-3/h8,11,17,20,26,28-29,31,34-35,37-38,44,47,53,56,61-63,67-68H,4-7,9-10,12-16,18-19,21-25,27,30,32-33,36,39-43,45-46,48-52,54-55,57-60H2,1-3H3,(H,66,69)/b11-8-,20-17-,29-26-,31-28+,37-34+,38-35-,47-44-,56-53-. The van der Waals surface area contributed by atoms with Gasteiger partial charge in [-0.3, -0.25) is 9.59 Å². The maximum Gasteiger partial charge on any atom is 0.306 e. The number of hydrogen-bond donors (Lipinski definition) is 3. The third-order valence-corrected chi connectivity index (χ3v) is 13.2. The van der Waals surface area contributed by atoms with Crippen LogP contribution in [0.4, 0.5) is 0 Å². The minimum Gasteiger partial charge on any atom is -0.458 e. The van der Waals surface area contributed by atoms with Crippen molar-refractivity contribution in [2.75, 3.05) is 6.61 Å². The molecular weight excluding hydrogens is 875 g/mol. The van der Waals surface area contributed by atoms with Crippen molar-refractivity contribution in [3.8, 4) is 0 Å². The molecular formula is C65H113NO5. The average molecular weight is 989 g/mol. The molecule has 0 aromatic heterocycles. The van der Waals surface area contributed by atoms with Gasteiger partial charge in [0, 0.05) is 6.42 Å². The van der Waals surface area contributed by atoms with E-state index in [9.17, 15) is 19.8 Å².